The summed E-state index contributed by atoms with van der Waals surface area (Å²) >= 11 is 8.33. The van der Waals surface area contributed by atoms with Crippen LogP contribution in [0.5, 0.6) is 0 Å². The van der Waals surface area contributed by atoms with Crippen molar-refractivity contribution in [3.63, 3.8) is 0 Å². The topological polar surface area (TPSA) is 17.1 Å². The van der Waals surface area contributed by atoms with Gasteiger partial charge >= 0.3 is 0 Å². The van der Waals surface area contributed by atoms with Gasteiger partial charge in [-0.25, -0.2) is 4.39 Å². The highest BCUT2D eigenvalue weighted by molar-refractivity contribution is 14.1. The zero-order chi connectivity index (χ0) is 14.0. The van der Waals surface area contributed by atoms with E-state index in [1.807, 2.05) is 19.1 Å². The normalized spacial score (nSPS) is 12.2. The third-order valence-electron chi connectivity index (χ3n) is 2.85. The number of rotatable bonds is 3. The summed E-state index contributed by atoms with van der Waals surface area (Å²) in [5, 5.41) is -0.795. The molecule has 19 heavy (non-hydrogen) atoms. The first kappa shape index (κ1) is 14.5. The molecule has 0 aliphatic heterocycles. The van der Waals surface area contributed by atoms with E-state index in [9.17, 15) is 9.18 Å². The fourth-order valence-corrected chi connectivity index (χ4v) is 2.65. The first-order valence-corrected chi connectivity index (χ1v) is 7.21. The van der Waals surface area contributed by atoms with Crippen LogP contribution in [0.2, 0.25) is 0 Å². The summed E-state index contributed by atoms with van der Waals surface area (Å²) in [5.74, 6) is -0.508. The SMILES string of the molecule is Cc1cccc(C(=O)C(Cl)c2ccc(F)cc2)c1I. The fraction of sp³-hybridized carbons (Fsp3) is 0.133. The second-order valence-corrected chi connectivity index (χ2v) is 5.73. The average Bonchev–Trinajstić information content (AvgIpc) is 2.41. The molecule has 4 heteroatoms. The Morgan fingerprint density at radius 2 is 1.84 bits per heavy atom. The Morgan fingerprint density at radius 3 is 2.47 bits per heavy atom. The lowest BCUT2D eigenvalue weighted by molar-refractivity contribution is 0.0986. The number of hydrogen-bond acceptors (Lipinski definition) is 1. The van der Waals surface area contributed by atoms with Gasteiger partial charge in [-0.3, -0.25) is 4.79 Å². The Hall–Kier alpha value is -0.940. The summed E-state index contributed by atoms with van der Waals surface area (Å²) in [5.41, 5.74) is 2.24. The van der Waals surface area contributed by atoms with Gasteiger partial charge in [0.25, 0.3) is 0 Å². The third kappa shape index (κ3) is 3.15. The highest BCUT2D eigenvalue weighted by Crippen LogP contribution is 2.28. The summed E-state index contributed by atoms with van der Waals surface area (Å²) in [6.07, 6.45) is 0. The van der Waals surface area contributed by atoms with E-state index in [1.165, 1.54) is 24.3 Å². The minimum Gasteiger partial charge on any atom is -0.292 e. The zero-order valence-corrected chi connectivity index (χ0v) is 13.1. The molecule has 0 fully saturated rings. The molecule has 0 saturated carbocycles. The maximum Gasteiger partial charge on any atom is 0.186 e. The van der Waals surface area contributed by atoms with Gasteiger partial charge in [0.15, 0.2) is 5.78 Å². The van der Waals surface area contributed by atoms with E-state index in [1.54, 1.807) is 6.07 Å². The molecule has 98 valence electrons. The van der Waals surface area contributed by atoms with E-state index in [-0.39, 0.29) is 11.6 Å². The number of benzene rings is 2. The van der Waals surface area contributed by atoms with E-state index in [0.29, 0.717) is 11.1 Å². The van der Waals surface area contributed by atoms with Crippen molar-refractivity contribution in [3.05, 3.63) is 68.5 Å². The smallest absolute Gasteiger partial charge is 0.186 e. The van der Waals surface area contributed by atoms with Crippen molar-refractivity contribution in [2.24, 2.45) is 0 Å². The lowest BCUT2D eigenvalue weighted by atomic mass is 10.0. The van der Waals surface area contributed by atoms with Gasteiger partial charge in [0.2, 0.25) is 0 Å². The molecule has 0 N–H and O–H groups in total. The van der Waals surface area contributed by atoms with Gasteiger partial charge in [-0.1, -0.05) is 30.3 Å². The second kappa shape index (κ2) is 6.01. The predicted octanol–water partition coefficient (Wildman–Crippen LogP) is 4.90. The van der Waals surface area contributed by atoms with E-state index >= 15 is 0 Å². The number of ketones is 1. The number of carbonyl (C=O) groups is 1. The summed E-state index contributed by atoms with van der Waals surface area (Å²) in [7, 11) is 0. The van der Waals surface area contributed by atoms with Crippen LogP contribution >= 0.6 is 34.2 Å². The molecule has 0 bridgehead atoms. The summed E-state index contributed by atoms with van der Waals surface area (Å²) in [6.45, 7) is 1.94. The lowest BCUT2D eigenvalue weighted by Gasteiger charge is -2.11. The van der Waals surface area contributed by atoms with Crippen LogP contribution in [0.25, 0.3) is 0 Å². The predicted molar refractivity (Wildman–Crippen MR) is 83.2 cm³/mol. The zero-order valence-electron chi connectivity index (χ0n) is 10.2. The van der Waals surface area contributed by atoms with Crippen LogP contribution < -0.4 is 0 Å². The monoisotopic (exact) mass is 388 g/mol. The van der Waals surface area contributed by atoms with Crippen LogP contribution in [0.4, 0.5) is 4.39 Å². The molecule has 0 radical (unpaired) electrons. The number of Topliss-reactive ketones (excluding diaryl/α,β-unsaturated/α-hetero) is 1. The number of hydrogen-bond donors (Lipinski definition) is 0. The molecule has 0 saturated heterocycles. The van der Waals surface area contributed by atoms with Crippen molar-refractivity contribution >= 4 is 40.0 Å². The van der Waals surface area contributed by atoms with Crippen LogP contribution in [0.1, 0.15) is 26.9 Å². The molecule has 2 aromatic carbocycles. The molecule has 0 heterocycles. The number of carbonyl (C=O) groups excluding carboxylic acids is 1. The van der Waals surface area contributed by atoms with Crippen LogP contribution in [0.15, 0.2) is 42.5 Å². The Kier molecular flexibility index (Phi) is 4.58. The van der Waals surface area contributed by atoms with E-state index in [4.69, 9.17) is 11.6 Å². The molecule has 1 unspecified atom stereocenters. The summed E-state index contributed by atoms with van der Waals surface area (Å²) < 4.78 is 13.8. The van der Waals surface area contributed by atoms with Crippen molar-refractivity contribution in [2.45, 2.75) is 12.3 Å². The van der Waals surface area contributed by atoms with E-state index < -0.39 is 5.38 Å². The molecule has 0 aliphatic carbocycles. The van der Waals surface area contributed by atoms with Crippen LogP contribution in [-0.2, 0) is 0 Å². The highest BCUT2D eigenvalue weighted by Gasteiger charge is 2.21. The molecule has 0 aromatic heterocycles. The van der Waals surface area contributed by atoms with E-state index in [2.05, 4.69) is 22.6 Å². The van der Waals surface area contributed by atoms with Crippen LogP contribution in [0, 0.1) is 16.3 Å². The standard InChI is InChI=1S/C15H11ClFIO/c1-9-3-2-4-12(14(9)18)15(19)13(16)10-5-7-11(17)8-6-10/h2-8,13H,1H3. The van der Waals surface area contributed by atoms with Gasteiger partial charge in [0, 0.05) is 9.13 Å². The third-order valence-corrected chi connectivity index (χ3v) is 4.73. The lowest BCUT2D eigenvalue weighted by Crippen LogP contribution is -2.10. The Morgan fingerprint density at radius 1 is 1.21 bits per heavy atom. The Bertz CT molecular complexity index is 610. The van der Waals surface area contributed by atoms with Gasteiger partial charge in [0.1, 0.15) is 11.2 Å². The molecule has 0 aliphatic rings. The number of halogens is 3. The number of alkyl halides is 1. The average molecular weight is 389 g/mol. The molecule has 1 atom stereocenters. The van der Waals surface area contributed by atoms with Crippen molar-refractivity contribution in [3.8, 4) is 0 Å². The Labute approximate surface area is 129 Å². The highest BCUT2D eigenvalue weighted by atomic mass is 127. The first-order valence-electron chi connectivity index (χ1n) is 5.69. The van der Waals surface area contributed by atoms with Crippen molar-refractivity contribution < 1.29 is 9.18 Å². The second-order valence-electron chi connectivity index (χ2n) is 4.21. The maximum atomic E-state index is 12.9. The molecular formula is C15H11ClFIO. The minimum absolute atomic E-state index is 0.165. The molecule has 0 amide bonds. The van der Waals surface area contributed by atoms with Gasteiger partial charge in [-0.05, 0) is 52.8 Å². The largest absolute Gasteiger partial charge is 0.292 e. The van der Waals surface area contributed by atoms with Gasteiger partial charge in [-0.15, -0.1) is 11.6 Å². The van der Waals surface area contributed by atoms with Crippen LogP contribution in [-0.4, -0.2) is 5.78 Å². The fourth-order valence-electron chi connectivity index (χ4n) is 1.76. The van der Waals surface area contributed by atoms with E-state index in [0.717, 1.165) is 9.13 Å². The quantitative estimate of drug-likeness (QED) is 0.415. The van der Waals surface area contributed by atoms with Crippen LogP contribution in [0.3, 0.4) is 0 Å². The molecule has 2 rings (SSSR count). The van der Waals surface area contributed by atoms with Gasteiger partial charge in [0.05, 0.1) is 0 Å². The Balaban J connectivity index is 2.33. The maximum absolute atomic E-state index is 12.9. The van der Waals surface area contributed by atoms with Gasteiger partial charge in [-0.2, -0.15) is 0 Å². The minimum atomic E-state index is -0.795. The van der Waals surface area contributed by atoms with Crippen molar-refractivity contribution in [2.75, 3.05) is 0 Å². The van der Waals surface area contributed by atoms with Crippen molar-refractivity contribution in [1.29, 1.82) is 0 Å². The van der Waals surface area contributed by atoms with Crippen molar-refractivity contribution in [1.82, 2.24) is 0 Å². The number of aryl methyl sites for hydroxylation is 1. The van der Waals surface area contributed by atoms with Gasteiger partial charge < -0.3 is 0 Å². The summed E-state index contributed by atoms with van der Waals surface area (Å²) in [4.78, 5) is 12.4. The summed E-state index contributed by atoms with van der Waals surface area (Å²) in [6, 6.07) is 11.2. The molecular weight excluding hydrogens is 378 g/mol. The molecule has 0 spiro atoms. The first-order chi connectivity index (χ1) is 9.00. The molecule has 1 nitrogen and oxygen atoms in total. The molecule has 2 aromatic rings.